The first-order valence-corrected chi connectivity index (χ1v) is 28.8. The quantitative estimate of drug-likeness (QED) is 0.0279. The molecule has 0 saturated heterocycles. The third kappa shape index (κ3) is 36.9. The normalized spacial score (nSPS) is 12.7. The van der Waals surface area contributed by atoms with E-state index in [9.17, 15) is 92.2 Å². The Labute approximate surface area is 414 Å². The predicted octanol–water partition coefficient (Wildman–Crippen LogP) is 19.5. The van der Waals surface area contributed by atoms with E-state index in [0.717, 1.165) is 19.8 Å². The summed E-state index contributed by atoms with van der Waals surface area (Å²) in [6, 6.07) is 0. The van der Waals surface area contributed by atoms with Crippen LogP contribution >= 0.6 is 22.6 Å². The van der Waals surface area contributed by atoms with Gasteiger partial charge in [-0.2, -0.15) is 79.0 Å². The molecule has 1 unspecified atom stereocenters. The molecule has 0 bridgehead atoms. The number of allylic oxidation sites excluding steroid dienone is 4. The molecule has 0 amide bonds. The van der Waals surface area contributed by atoms with E-state index in [1.54, 1.807) is 29.4 Å². The molecule has 0 aromatic heterocycles. The summed E-state index contributed by atoms with van der Waals surface area (Å²) in [4.78, 5) is 0. The van der Waals surface area contributed by atoms with E-state index in [4.69, 9.17) is 4.35 Å². The minimum atomic E-state index is -5.95. The molecule has 0 aliphatic heterocycles. The Bertz CT molecular complexity index is 1130. The van der Waals surface area contributed by atoms with E-state index in [1.165, 1.54) is 50.7 Å². The van der Waals surface area contributed by atoms with Gasteiger partial charge in [-0.15, -0.1) is 26.3 Å². The Morgan fingerprint density at radius 1 is 0.478 bits per heavy atom. The monoisotopic (exact) mass is 1260 g/mol. The summed E-state index contributed by atoms with van der Waals surface area (Å²) in [6.07, 6.45) is -21.3. The molecule has 0 spiro atoms. The van der Waals surface area contributed by atoms with E-state index in [1.807, 2.05) is 12.2 Å². The summed E-state index contributed by atoms with van der Waals surface area (Å²) < 4.78 is 256. The van der Waals surface area contributed by atoms with Gasteiger partial charge in [0.15, 0.2) is 0 Å². The first-order chi connectivity index (χ1) is 29.3. The number of nitrogens with one attached hydrogen (secondary N) is 1. The van der Waals surface area contributed by atoms with E-state index in [-0.39, 0.29) is 64.1 Å². The van der Waals surface area contributed by atoms with Crippen LogP contribution in [0.25, 0.3) is 0 Å². The van der Waals surface area contributed by atoms with Gasteiger partial charge in [0.2, 0.25) is 0 Å². The van der Waals surface area contributed by atoms with Crippen LogP contribution in [0, 0.1) is 10.3 Å². The third-order valence-electron chi connectivity index (χ3n) is 8.65. The Kier molecular flexibility index (Phi) is 50.9. The van der Waals surface area contributed by atoms with Crippen molar-refractivity contribution >= 4 is 66.9 Å². The van der Waals surface area contributed by atoms with Crippen molar-refractivity contribution in [2.24, 2.45) is 5.92 Å². The van der Waals surface area contributed by atoms with Gasteiger partial charge in [-0.1, -0.05) is 38.7 Å². The molecule has 0 aliphatic rings. The van der Waals surface area contributed by atoms with E-state index < -0.39 is 97.0 Å². The Morgan fingerprint density at radius 3 is 0.970 bits per heavy atom. The number of rotatable bonds is 22. The third-order valence-corrected chi connectivity index (χ3v) is 20.4. The summed E-state index contributed by atoms with van der Waals surface area (Å²) >= 11 is 0.372. The number of alkyl halides is 22. The molecule has 1 N–H and O–H groups in total. The van der Waals surface area contributed by atoms with Gasteiger partial charge < -0.3 is 0 Å². The van der Waals surface area contributed by atoms with Gasteiger partial charge in [0.05, 0.1) is 0 Å². The molecule has 0 heterocycles. The second kappa shape index (κ2) is 40.9. The van der Waals surface area contributed by atoms with Gasteiger partial charge in [-0.3, -0.25) is 0 Å². The zero-order valence-corrected chi connectivity index (χ0v) is 44.1. The first-order valence-electron chi connectivity index (χ1n) is 20.2. The molecule has 0 fully saturated rings. The van der Waals surface area contributed by atoms with E-state index in [2.05, 4.69) is 47.1 Å². The minimum absolute atomic E-state index is 0. The van der Waals surface area contributed by atoms with Crippen LogP contribution in [-0.2, 0) is 0 Å². The molecule has 0 aromatic carbocycles. The van der Waals surface area contributed by atoms with Crippen molar-refractivity contribution in [3.05, 3.63) is 50.6 Å². The van der Waals surface area contributed by atoms with Crippen LogP contribution in [0.15, 0.2) is 50.6 Å². The second-order valence-corrected chi connectivity index (χ2v) is 25.7. The average molecular weight is 1260 g/mol. The van der Waals surface area contributed by atoms with Crippen molar-refractivity contribution in [2.75, 3.05) is 0 Å². The number of hydrogen-bond donors (Lipinski definition) is 1. The van der Waals surface area contributed by atoms with Crippen molar-refractivity contribution < 1.29 is 92.2 Å². The van der Waals surface area contributed by atoms with Gasteiger partial charge in [-0.05, 0) is 79.9 Å². The van der Waals surface area contributed by atoms with Gasteiger partial charge >= 0.3 is 154 Å². The number of unbranched alkanes of at least 4 members (excludes halogenated alkanes) is 6. The Morgan fingerprint density at radius 2 is 0.761 bits per heavy atom. The maximum atomic E-state index is 13.2. The van der Waals surface area contributed by atoms with Crippen LogP contribution in [0.2, 0.25) is 13.3 Å². The van der Waals surface area contributed by atoms with Gasteiger partial charge in [-0.25, -0.2) is 13.2 Å². The van der Waals surface area contributed by atoms with Gasteiger partial charge in [0.1, 0.15) is 0 Å². The van der Waals surface area contributed by atoms with Crippen LogP contribution in [-0.4, -0.2) is 96.3 Å². The average Bonchev–Trinajstić information content (AvgIpc) is 3.16. The van der Waals surface area contributed by atoms with Crippen LogP contribution in [0.4, 0.5) is 92.2 Å². The zero-order chi connectivity index (χ0) is 53.2. The molecule has 0 saturated carbocycles. The molecule has 4 radical (unpaired) electrons. The second-order valence-electron chi connectivity index (χ2n) is 14.3. The van der Waals surface area contributed by atoms with Gasteiger partial charge in [0, 0.05) is 14.8 Å². The molecular formula is C41H67AlBF21INSn. The molecular weight excluding hydrogens is 1190 g/mol. The maximum absolute atomic E-state index is 13.2. The molecule has 1 atom stereocenters. The summed E-state index contributed by atoms with van der Waals surface area (Å²) in [5, 5.41) is 0. The summed E-state index contributed by atoms with van der Waals surface area (Å²) in [5.41, 5.74) is -10.2. The van der Waals surface area contributed by atoms with Crippen molar-refractivity contribution in [3.63, 3.8) is 0 Å². The standard InChI is InChI=1S/C10H13F7.C9H11F7.C6H10.3C4H9.C3F7I.CH4.Al.B.HN.Sn.H/c1-3-4-5-7(2)6-8(11,9(12,13)14)10(15,16)17;1-2-3-4-5-6-7(10,8(11,12)13)9(14,15)16;1-3-5-6-4-2;3*1-3-4-2;4-1(11,2(5,6)7)3(8,9)10;;;;;;/h3,7H,1,4-6H2,2H3;2H,1,3-6H2;3-4H,1-2,5-6H2;3*1,3-4H2,2H3;;1H4;;;1H;;. The SMILES string of the molecule is C.C=CCCC(C)CC(F)(C(F)(F)F)C(F)(F)F.C=CCCC=C.C=CCCCCC(F)(C(F)(F)F)C(F)(F)F.CCC[CH2][SnH]([CH2]CCC)[CH2]CCC.FC(F)(F)C(F)(I)C(F)(F)F.[B].[NH]=[Al]. The van der Waals surface area contributed by atoms with E-state index in [0.29, 0.717) is 0 Å². The molecule has 67 heavy (non-hydrogen) atoms. The van der Waals surface area contributed by atoms with Crippen molar-refractivity contribution in [1.82, 2.24) is 0 Å². The molecule has 400 valence electrons. The van der Waals surface area contributed by atoms with E-state index >= 15 is 0 Å². The summed E-state index contributed by atoms with van der Waals surface area (Å²) in [5.74, 6) is -1.04. The molecule has 0 aliphatic carbocycles. The first kappa shape index (κ1) is 83.3. The molecule has 0 aromatic rings. The topological polar surface area (TPSA) is 23.9 Å². The summed E-state index contributed by atoms with van der Waals surface area (Å²) in [6.45, 7) is 21.8. The summed E-state index contributed by atoms with van der Waals surface area (Å²) in [7, 11) is 0. The molecule has 26 heteroatoms. The van der Waals surface area contributed by atoms with Crippen molar-refractivity contribution in [2.45, 2.75) is 197 Å². The number of hydrogen-bond acceptors (Lipinski definition) is 1. The van der Waals surface area contributed by atoms with Crippen molar-refractivity contribution in [1.29, 1.82) is 4.35 Å². The van der Waals surface area contributed by atoms with Crippen LogP contribution in [0.1, 0.15) is 131 Å². The fourth-order valence-corrected chi connectivity index (χ4v) is 15.7. The fourth-order valence-electron chi connectivity index (χ4n) is 4.79. The molecule has 1 nitrogen and oxygen atoms in total. The fraction of sp³-hybridized carbons (Fsp3) is 0.805. The zero-order valence-electron chi connectivity index (χ0n) is 37.5. The van der Waals surface area contributed by atoms with Crippen LogP contribution < -0.4 is 0 Å². The Balaban J connectivity index is -0.000000109. The van der Waals surface area contributed by atoms with Crippen molar-refractivity contribution in [3.8, 4) is 0 Å². The predicted molar refractivity (Wildman–Crippen MR) is 241 cm³/mol. The molecule has 0 rings (SSSR count). The Hall–Kier alpha value is -0.584. The number of halogens is 22. The van der Waals surface area contributed by atoms with Crippen LogP contribution in [0.3, 0.4) is 0 Å². The van der Waals surface area contributed by atoms with Gasteiger partial charge in [0.25, 0.3) is 11.3 Å². The van der Waals surface area contributed by atoms with Crippen LogP contribution in [0.5, 0.6) is 0 Å².